The first-order valence-electron chi connectivity index (χ1n) is 7.78. The number of amides is 1. The molecule has 1 saturated heterocycles. The molecule has 0 radical (unpaired) electrons. The second-order valence-corrected chi connectivity index (χ2v) is 5.84. The summed E-state index contributed by atoms with van der Waals surface area (Å²) < 4.78 is 4.98. The van der Waals surface area contributed by atoms with Crippen LogP contribution in [0.3, 0.4) is 0 Å². The van der Waals surface area contributed by atoms with E-state index in [9.17, 15) is 9.59 Å². The number of hydrogen-bond donors (Lipinski definition) is 1. The Balaban J connectivity index is 2.03. The quantitative estimate of drug-likeness (QED) is 0.868. The lowest BCUT2D eigenvalue weighted by Crippen LogP contribution is -2.38. The molecular formula is C17H24N2O3. The lowest BCUT2D eigenvalue weighted by atomic mass is 9.97. The number of rotatable bonds is 4. The number of likely N-dealkylation sites (tertiary alicyclic amines) is 1. The van der Waals surface area contributed by atoms with Crippen LogP contribution in [0.1, 0.15) is 35.7 Å². The van der Waals surface area contributed by atoms with Crippen molar-refractivity contribution in [2.24, 2.45) is 5.92 Å². The minimum absolute atomic E-state index is 0.0304. The van der Waals surface area contributed by atoms with E-state index in [0.717, 1.165) is 37.2 Å². The number of hydrogen-bond acceptors (Lipinski definition) is 4. The lowest BCUT2D eigenvalue weighted by molar-refractivity contribution is -0.121. The highest BCUT2D eigenvalue weighted by atomic mass is 16.5. The highest BCUT2D eigenvalue weighted by molar-refractivity contribution is 5.95. The first kappa shape index (κ1) is 16.5. The molecule has 1 aliphatic rings. The van der Waals surface area contributed by atoms with Crippen LogP contribution in [0.4, 0.5) is 5.69 Å². The van der Waals surface area contributed by atoms with Crippen molar-refractivity contribution in [2.75, 3.05) is 32.1 Å². The van der Waals surface area contributed by atoms with Crippen molar-refractivity contribution in [2.45, 2.75) is 26.7 Å². The van der Waals surface area contributed by atoms with E-state index in [1.807, 2.05) is 14.0 Å². The molecule has 120 valence electrons. The van der Waals surface area contributed by atoms with Crippen LogP contribution in [0, 0.1) is 12.8 Å². The molecule has 1 aliphatic heterocycles. The Hall–Kier alpha value is -1.88. The van der Waals surface area contributed by atoms with Crippen molar-refractivity contribution in [3.05, 3.63) is 29.3 Å². The molecule has 5 nitrogen and oxygen atoms in total. The number of carbonyl (C=O) groups excluding carboxylic acids is 2. The summed E-state index contributed by atoms with van der Waals surface area (Å²) >= 11 is 0. The number of esters is 1. The predicted molar refractivity (Wildman–Crippen MR) is 86.0 cm³/mol. The number of nitrogens with one attached hydrogen (secondary N) is 1. The third-order valence-corrected chi connectivity index (χ3v) is 3.99. The SMILES string of the molecule is CCOC(=O)c1ccc(NC(=O)C2CCCN(C)C2)c(C)c1. The molecule has 1 unspecified atom stereocenters. The summed E-state index contributed by atoms with van der Waals surface area (Å²) in [5.74, 6) is -0.251. The Kier molecular flexibility index (Phi) is 5.55. The molecule has 1 heterocycles. The fraction of sp³-hybridized carbons (Fsp3) is 0.529. The average Bonchev–Trinajstić information content (AvgIpc) is 2.49. The maximum absolute atomic E-state index is 12.4. The van der Waals surface area contributed by atoms with Gasteiger partial charge in [0.25, 0.3) is 0 Å². The van der Waals surface area contributed by atoms with Gasteiger partial charge in [0.15, 0.2) is 0 Å². The molecule has 0 aromatic heterocycles. The number of nitrogens with zero attached hydrogens (tertiary/aromatic N) is 1. The first-order chi connectivity index (χ1) is 10.5. The summed E-state index contributed by atoms with van der Waals surface area (Å²) in [6.07, 6.45) is 1.98. The van der Waals surface area contributed by atoms with Gasteiger partial charge in [-0.3, -0.25) is 4.79 Å². The van der Waals surface area contributed by atoms with E-state index in [2.05, 4.69) is 10.2 Å². The molecule has 1 atom stereocenters. The zero-order valence-electron chi connectivity index (χ0n) is 13.5. The zero-order chi connectivity index (χ0) is 16.1. The standard InChI is InChI=1S/C17H24N2O3/c1-4-22-17(21)13-7-8-15(12(2)10-13)18-16(20)14-6-5-9-19(3)11-14/h7-8,10,14H,4-6,9,11H2,1-3H3,(H,18,20). The molecule has 1 aromatic rings. The molecule has 1 aromatic carbocycles. The summed E-state index contributed by atoms with van der Waals surface area (Å²) in [4.78, 5) is 26.2. The molecule has 0 spiro atoms. The minimum Gasteiger partial charge on any atom is -0.462 e. The van der Waals surface area contributed by atoms with E-state index < -0.39 is 0 Å². The molecule has 1 fully saturated rings. The molecule has 2 rings (SSSR count). The molecule has 1 amide bonds. The Bertz CT molecular complexity index is 557. The molecule has 22 heavy (non-hydrogen) atoms. The van der Waals surface area contributed by atoms with Crippen LogP contribution in [-0.4, -0.2) is 43.5 Å². The predicted octanol–water partition coefficient (Wildman–Crippen LogP) is 2.45. The number of anilines is 1. The third-order valence-electron chi connectivity index (χ3n) is 3.99. The van der Waals surface area contributed by atoms with Gasteiger partial charge in [-0.05, 0) is 64.0 Å². The van der Waals surface area contributed by atoms with Crippen LogP contribution >= 0.6 is 0 Å². The van der Waals surface area contributed by atoms with E-state index in [-0.39, 0.29) is 17.8 Å². The highest BCUT2D eigenvalue weighted by Gasteiger charge is 2.24. The van der Waals surface area contributed by atoms with Crippen molar-refractivity contribution >= 4 is 17.6 Å². The van der Waals surface area contributed by atoms with Gasteiger partial charge in [0.2, 0.25) is 5.91 Å². The molecule has 1 N–H and O–H groups in total. The number of carbonyl (C=O) groups is 2. The maximum atomic E-state index is 12.4. The van der Waals surface area contributed by atoms with Gasteiger partial charge in [-0.2, -0.15) is 0 Å². The van der Waals surface area contributed by atoms with E-state index in [1.165, 1.54) is 0 Å². The van der Waals surface area contributed by atoms with Gasteiger partial charge >= 0.3 is 5.97 Å². The Labute approximate surface area is 131 Å². The summed E-state index contributed by atoms with van der Waals surface area (Å²) in [5.41, 5.74) is 2.13. The molecule has 0 bridgehead atoms. The van der Waals surface area contributed by atoms with E-state index in [4.69, 9.17) is 4.74 Å². The van der Waals surface area contributed by atoms with Crippen molar-refractivity contribution in [3.8, 4) is 0 Å². The lowest BCUT2D eigenvalue weighted by Gasteiger charge is -2.28. The second kappa shape index (κ2) is 7.40. The largest absolute Gasteiger partial charge is 0.462 e. The van der Waals surface area contributed by atoms with Crippen LogP contribution in [0.15, 0.2) is 18.2 Å². The fourth-order valence-electron chi connectivity index (χ4n) is 2.76. The summed E-state index contributed by atoms with van der Waals surface area (Å²) in [5, 5.41) is 2.98. The van der Waals surface area contributed by atoms with Crippen molar-refractivity contribution < 1.29 is 14.3 Å². The van der Waals surface area contributed by atoms with E-state index >= 15 is 0 Å². The van der Waals surface area contributed by atoms with E-state index in [0.29, 0.717) is 12.2 Å². The summed E-state index contributed by atoms with van der Waals surface area (Å²) in [7, 11) is 2.04. The van der Waals surface area contributed by atoms with Gasteiger partial charge in [0.1, 0.15) is 0 Å². The minimum atomic E-state index is -0.336. The van der Waals surface area contributed by atoms with Gasteiger partial charge in [0, 0.05) is 12.2 Å². The van der Waals surface area contributed by atoms with Gasteiger partial charge < -0.3 is 15.0 Å². The normalized spacial score (nSPS) is 18.8. The number of piperidine rings is 1. The number of aryl methyl sites for hydroxylation is 1. The van der Waals surface area contributed by atoms with Crippen LogP contribution < -0.4 is 5.32 Å². The van der Waals surface area contributed by atoms with Crippen molar-refractivity contribution in [1.82, 2.24) is 4.90 Å². The molecule has 0 saturated carbocycles. The Morgan fingerprint density at radius 2 is 2.18 bits per heavy atom. The van der Waals surface area contributed by atoms with Crippen LogP contribution in [0.5, 0.6) is 0 Å². The Morgan fingerprint density at radius 1 is 1.41 bits per heavy atom. The van der Waals surface area contributed by atoms with Crippen LogP contribution in [0.25, 0.3) is 0 Å². The highest BCUT2D eigenvalue weighted by Crippen LogP contribution is 2.21. The second-order valence-electron chi connectivity index (χ2n) is 5.84. The third kappa shape index (κ3) is 4.07. The topological polar surface area (TPSA) is 58.6 Å². The fourth-order valence-corrected chi connectivity index (χ4v) is 2.76. The van der Waals surface area contributed by atoms with Crippen LogP contribution in [-0.2, 0) is 9.53 Å². The monoisotopic (exact) mass is 304 g/mol. The molecular weight excluding hydrogens is 280 g/mol. The summed E-state index contributed by atoms with van der Waals surface area (Å²) in [6.45, 7) is 5.86. The van der Waals surface area contributed by atoms with Gasteiger partial charge in [-0.1, -0.05) is 0 Å². The van der Waals surface area contributed by atoms with Crippen molar-refractivity contribution in [3.63, 3.8) is 0 Å². The summed E-state index contributed by atoms with van der Waals surface area (Å²) in [6, 6.07) is 5.21. The van der Waals surface area contributed by atoms with E-state index in [1.54, 1.807) is 25.1 Å². The maximum Gasteiger partial charge on any atom is 0.338 e. The zero-order valence-corrected chi connectivity index (χ0v) is 13.5. The molecule has 0 aliphatic carbocycles. The van der Waals surface area contributed by atoms with Crippen molar-refractivity contribution in [1.29, 1.82) is 0 Å². The average molecular weight is 304 g/mol. The Morgan fingerprint density at radius 3 is 2.82 bits per heavy atom. The molecule has 5 heteroatoms. The van der Waals surface area contributed by atoms with Gasteiger partial charge in [-0.15, -0.1) is 0 Å². The first-order valence-corrected chi connectivity index (χ1v) is 7.78. The smallest absolute Gasteiger partial charge is 0.338 e. The van der Waals surface area contributed by atoms with Gasteiger partial charge in [-0.25, -0.2) is 4.79 Å². The number of ether oxygens (including phenoxy) is 1. The van der Waals surface area contributed by atoms with Gasteiger partial charge in [0.05, 0.1) is 18.1 Å². The number of benzene rings is 1. The van der Waals surface area contributed by atoms with Crippen LogP contribution in [0.2, 0.25) is 0 Å².